The van der Waals surface area contributed by atoms with Crippen molar-refractivity contribution in [3.8, 4) is 5.69 Å². The number of nitro groups is 1. The first-order chi connectivity index (χ1) is 12.0. The van der Waals surface area contributed by atoms with Crippen molar-refractivity contribution in [3.05, 3.63) is 87.2 Å². The predicted octanol–water partition coefficient (Wildman–Crippen LogP) is 3.79. The van der Waals surface area contributed by atoms with Crippen LogP contribution in [0.15, 0.2) is 60.9 Å². The van der Waals surface area contributed by atoms with E-state index in [9.17, 15) is 14.9 Å². The van der Waals surface area contributed by atoms with Crippen LogP contribution in [0, 0.1) is 10.1 Å². The van der Waals surface area contributed by atoms with E-state index in [1.807, 2.05) is 24.4 Å². The molecule has 0 aliphatic rings. The summed E-state index contributed by atoms with van der Waals surface area (Å²) in [5.74, 6) is -0.718. The topological polar surface area (TPSA) is 87.3 Å². The second-order valence-corrected chi connectivity index (χ2v) is 5.52. The summed E-state index contributed by atoms with van der Waals surface area (Å²) in [6.07, 6.45) is 3.50. The van der Waals surface area contributed by atoms with Gasteiger partial charge in [-0.05, 0) is 29.8 Å². The van der Waals surface area contributed by atoms with Crippen LogP contribution in [0.25, 0.3) is 5.69 Å². The maximum Gasteiger partial charge on any atom is 0.340 e. The van der Waals surface area contributed by atoms with Crippen molar-refractivity contribution in [2.75, 3.05) is 0 Å². The zero-order valence-corrected chi connectivity index (χ0v) is 13.6. The van der Waals surface area contributed by atoms with Crippen LogP contribution in [-0.4, -0.2) is 20.7 Å². The Bertz CT molecular complexity index is 908. The highest BCUT2D eigenvalue weighted by molar-refractivity contribution is 6.33. The van der Waals surface area contributed by atoms with Gasteiger partial charge < -0.3 is 4.74 Å². The Labute approximate surface area is 147 Å². The van der Waals surface area contributed by atoms with Gasteiger partial charge in [0.05, 0.1) is 21.2 Å². The van der Waals surface area contributed by atoms with Crippen LogP contribution in [0.1, 0.15) is 15.9 Å². The van der Waals surface area contributed by atoms with E-state index >= 15 is 0 Å². The zero-order valence-electron chi connectivity index (χ0n) is 12.8. The smallest absolute Gasteiger partial charge is 0.340 e. The predicted molar refractivity (Wildman–Crippen MR) is 90.8 cm³/mol. The maximum atomic E-state index is 12.1. The van der Waals surface area contributed by atoms with Crippen LogP contribution >= 0.6 is 11.6 Å². The maximum absolute atomic E-state index is 12.1. The van der Waals surface area contributed by atoms with Gasteiger partial charge in [-0.15, -0.1) is 0 Å². The molecular formula is C17H12ClN3O4. The standard InChI is InChI=1S/C17H12ClN3O4/c18-16-7-6-14(21(23)24)10-15(16)17(22)25-11-12-2-4-13(5-3-12)20-9-1-8-19-20/h1-10H,11H2. The number of rotatable bonds is 5. The van der Waals surface area contributed by atoms with Crippen molar-refractivity contribution in [3.63, 3.8) is 0 Å². The van der Waals surface area contributed by atoms with Gasteiger partial charge in [0, 0.05) is 24.5 Å². The molecule has 0 unspecified atom stereocenters. The molecule has 126 valence electrons. The van der Waals surface area contributed by atoms with E-state index in [2.05, 4.69) is 5.10 Å². The van der Waals surface area contributed by atoms with E-state index in [1.54, 1.807) is 23.0 Å². The van der Waals surface area contributed by atoms with E-state index in [4.69, 9.17) is 16.3 Å². The summed E-state index contributed by atoms with van der Waals surface area (Å²) in [4.78, 5) is 22.3. The Morgan fingerprint density at radius 3 is 2.64 bits per heavy atom. The van der Waals surface area contributed by atoms with Crippen molar-refractivity contribution in [1.29, 1.82) is 0 Å². The fourth-order valence-electron chi connectivity index (χ4n) is 2.18. The lowest BCUT2D eigenvalue weighted by molar-refractivity contribution is -0.384. The SMILES string of the molecule is O=C(OCc1ccc(-n2cccn2)cc1)c1cc([N+](=O)[O-])ccc1Cl. The summed E-state index contributed by atoms with van der Waals surface area (Å²) in [5, 5.41) is 15.0. The Balaban J connectivity index is 1.68. The number of aromatic nitrogens is 2. The van der Waals surface area contributed by atoms with E-state index in [0.717, 1.165) is 17.3 Å². The molecule has 3 aromatic rings. The summed E-state index contributed by atoms with van der Waals surface area (Å²) in [7, 11) is 0. The number of hydrogen-bond donors (Lipinski definition) is 0. The van der Waals surface area contributed by atoms with Crippen molar-refractivity contribution in [2.45, 2.75) is 6.61 Å². The summed E-state index contributed by atoms with van der Waals surface area (Å²) in [6.45, 7) is 0.0250. The van der Waals surface area contributed by atoms with Crippen LogP contribution in [0.5, 0.6) is 0 Å². The van der Waals surface area contributed by atoms with Gasteiger partial charge in [0.2, 0.25) is 0 Å². The first-order valence-corrected chi connectivity index (χ1v) is 7.62. The number of nitrogens with zero attached hydrogens (tertiary/aromatic N) is 3. The van der Waals surface area contributed by atoms with Gasteiger partial charge in [-0.1, -0.05) is 23.7 Å². The summed E-state index contributed by atoms with van der Waals surface area (Å²) in [6, 6.07) is 12.7. The molecule has 0 aliphatic carbocycles. The lowest BCUT2D eigenvalue weighted by atomic mass is 10.2. The molecule has 0 N–H and O–H groups in total. The third-order valence-corrected chi connectivity index (χ3v) is 3.79. The molecule has 0 radical (unpaired) electrons. The molecular weight excluding hydrogens is 346 g/mol. The summed E-state index contributed by atoms with van der Waals surface area (Å²) < 4.78 is 6.90. The Morgan fingerprint density at radius 1 is 1.24 bits per heavy atom. The molecule has 1 aromatic heterocycles. The minimum Gasteiger partial charge on any atom is -0.457 e. The highest BCUT2D eigenvalue weighted by Gasteiger charge is 2.17. The van der Waals surface area contributed by atoms with Crippen molar-refractivity contribution in [1.82, 2.24) is 9.78 Å². The van der Waals surface area contributed by atoms with E-state index < -0.39 is 10.9 Å². The summed E-state index contributed by atoms with van der Waals surface area (Å²) >= 11 is 5.92. The molecule has 0 saturated heterocycles. The average molecular weight is 358 g/mol. The molecule has 7 nitrogen and oxygen atoms in total. The number of carbonyl (C=O) groups is 1. The molecule has 2 aromatic carbocycles. The van der Waals surface area contributed by atoms with E-state index in [0.29, 0.717) is 0 Å². The first-order valence-electron chi connectivity index (χ1n) is 7.24. The molecule has 0 atom stereocenters. The Morgan fingerprint density at radius 2 is 2.00 bits per heavy atom. The van der Waals surface area contributed by atoms with Crippen LogP contribution in [0.3, 0.4) is 0 Å². The van der Waals surface area contributed by atoms with Crippen LogP contribution in [-0.2, 0) is 11.3 Å². The average Bonchev–Trinajstić information content (AvgIpc) is 3.15. The van der Waals surface area contributed by atoms with Crippen molar-refractivity contribution < 1.29 is 14.5 Å². The third kappa shape index (κ3) is 3.84. The number of ether oxygens (including phenoxy) is 1. The molecule has 3 rings (SSSR count). The number of halogens is 1. The summed E-state index contributed by atoms with van der Waals surface area (Å²) in [5.41, 5.74) is 1.39. The fraction of sp³-hybridized carbons (Fsp3) is 0.0588. The molecule has 0 fully saturated rings. The van der Waals surface area contributed by atoms with Crippen LogP contribution < -0.4 is 0 Å². The van der Waals surface area contributed by atoms with E-state index in [-0.39, 0.29) is 22.9 Å². The van der Waals surface area contributed by atoms with Gasteiger partial charge in [-0.25, -0.2) is 9.48 Å². The number of esters is 1. The second-order valence-electron chi connectivity index (χ2n) is 5.11. The van der Waals surface area contributed by atoms with Gasteiger partial charge in [-0.3, -0.25) is 10.1 Å². The quantitative estimate of drug-likeness (QED) is 0.394. The highest BCUT2D eigenvalue weighted by Crippen LogP contribution is 2.23. The molecule has 0 bridgehead atoms. The molecule has 0 amide bonds. The molecule has 0 saturated carbocycles. The van der Waals surface area contributed by atoms with Crippen molar-refractivity contribution in [2.24, 2.45) is 0 Å². The van der Waals surface area contributed by atoms with Gasteiger partial charge in [0.1, 0.15) is 6.61 Å². The first kappa shape index (κ1) is 16.7. The second kappa shape index (κ2) is 7.14. The van der Waals surface area contributed by atoms with Crippen LogP contribution in [0.4, 0.5) is 5.69 Å². The van der Waals surface area contributed by atoms with Crippen LogP contribution in [0.2, 0.25) is 5.02 Å². The van der Waals surface area contributed by atoms with E-state index in [1.165, 1.54) is 12.1 Å². The molecule has 0 spiro atoms. The van der Waals surface area contributed by atoms with Gasteiger partial charge in [-0.2, -0.15) is 5.10 Å². The van der Waals surface area contributed by atoms with Gasteiger partial charge in [0.25, 0.3) is 5.69 Å². The molecule has 0 aliphatic heterocycles. The minimum absolute atomic E-state index is 0.0250. The monoisotopic (exact) mass is 357 g/mol. The Kier molecular flexibility index (Phi) is 4.76. The highest BCUT2D eigenvalue weighted by atomic mass is 35.5. The number of benzene rings is 2. The third-order valence-electron chi connectivity index (χ3n) is 3.46. The number of non-ortho nitro benzene ring substituents is 1. The Hall–Kier alpha value is -3.19. The molecule has 1 heterocycles. The van der Waals surface area contributed by atoms with Gasteiger partial charge >= 0.3 is 5.97 Å². The molecule has 8 heteroatoms. The lowest BCUT2D eigenvalue weighted by Crippen LogP contribution is -2.07. The van der Waals surface area contributed by atoms with Gasteiger partial charge in [0.15, 0.2) is 0 Å². The zero-order chi connectivity index (χ0) is 17.8. The fourth-order valence-corrected chi connectivity index (χ4v) is 2.37. The minimum atomic E-state index is -0.718. The lowest BCUT2D eigenvalue weighted by Gasteiger charge is -2.07. The number of nitro benzene ring substituents is 1. The normalized spacial score (nSPS) is 10.4. The van der Waals surface area contributed by atoms with Crippen molar-refractivity contribution >= 4 is 23.3 Å². The number of carbonyl (C=O) groups excluding carboxylic acids is 1. The number of hydrogen-bond acceptors (Lipinski definition) is 5. The largest absolute Gasteiger partial charge is 0.457 e. The molecule has 25 heavy (non-hydrogen) atoms.